The van der Waals surface area contributed by atoms with E-state index in [1.165, 1.54) is 17.0 Å². The van der Waals surface area contributed by atoms with E-state index in [1.807, 2.05) is 13.8 Å². The first-order chi connectivity index (χ1) is 18.6. The number of anilines is 1. The average Bonchev–Trinajstić information content (AvgIpc) is 2.86. The standard InChI is InChI=1S/C27H34Cl2F3N3O4S/c1-5-18(3)33-26(37)24(6-2)34(17-19-12-13-21(28)16-23(19)29)25(36)11-8-14-35(40(4,38)39)22-10-7-9-20(15-22)27(30,31)32/h7,9-10,12-13,15-16,18,24H,5-6,8,11,14,17H2,1-4H3,(H,33,37)/t18-,24-/m1/s1. The van der Waals surface area contributed by atoms with E-state index in [1.54, 1.807) is 19.1 Å². The molecule has 40 heavy (non-hydrogen) atoms. The molecule has 0 unspecified atom stereocenters. The summed E-state index contributed by atoms with van der Waals surface area (Å²) in [6.07, 6.45) is -2.94. The first-order valence-corrected chi connectivity index (χ1v) is 15.4. The van der Waals surface area contributed by atoms with Gasteiger partial charge in [0.05, 0.1) is 17.5 Å². The number of rotatable bonds is 13. The molecule has 0 bridgehead atoms. The van der Waals surface area contributed by atoms with Crippen LogP contribution in [0.25, 0.3) is 0 Å². The number of amides is 2. The number of carbonyl (C=O) groups is 2. The third-order valence-electron chi connectivity index (χ3n) is 6.36. The number of hydrogen-bond acceptors (Lipinski definition) is 4. The van der Waals surface area contributed by atoms with Gasteiger partial charge < -0.3 is 10.2 Å². The zero-order chi connectivity index (χ0) is 30.3. The fourth-order valence-electron chi connectivity index (χ4n) is 4.04. The number of halogens is 5. The Bertz CT molecular complexity index is 1290. The molecule has 2 amide bonds. The number of alkyl halides is 3. The maximum absolute atomic E-state index is 13.5. The Morgan fingerprint density at radius 2 is 1.73 bits per heavy atom. The number of nitrogens with zero attached hydrogens (tertiary/aromatic N) is 2. The molecule has 2 atom stereocenters. The largest absolute Gasteiger partial charge is 0.416 e. The fourth-order valence-corrected chi connectivity index (χ4v) is 5.46. The summed E-state index contributed by atoms with van der Waals surface area (Å²) in [4.78, 5) is 28.0. The highest BCUT2D eigenvalue weighted by atomic mass is 35.5. The van der Waals surface area contributed by atoms with Crippen LogP contribution in [0.5, 0.6) is 0 Å². The van der Waals surface area contributed by atoms with E-state index in [-0.39, 0.29) is 43.6 Å². The van der Waals surface area contributed by atoms with E-state index in [2.05, 4.69) is 5.32 Å². The molecule has 0 fully saturated rings. The van der Waals surface area contributed by atoms with Gasteiger partial charge in [0, 0.05) is 35.6 Å². The van der Waals surface area contributed by atoms with Crippen molar-refractivity contribution in [1.82, 2.24) is 10.2 Å². The highest BCUT2D eigenvalue weighted by Crippen LogP contribution is 2.32. The average molecular weight is 625 g/mol. The lowest BCUT2D eigenvalue weighted by Gasteiger charge is -2.32. The van der Waals surface area contributed by atoms with Gasteiger partial charge in [0.25, 0.3) is 0 Å². The topological polar surface area (TPSA) is 86.8 Å². The first kappa shape index (κ1) is 33.7. The molecule has 1 N–H and O–H groups in total. The molecular weight excluding hydrogens is 590 g/mol. The molecule has 0 saturated carbocycles. The fraction of sp³-hybridized carbons (Fsp3) is 0.481. The molecule has 0 heterocycles. The normalized spacial score (nSPS) is 13.4. The van der Waals surface area contributed by atoms with E-state index in [0.29, 0.717) is 28.5 Å². The lowest BCUT2D eigenvalue weighted by atomic mass is 10.1. The summed E-state index contributed by atoms with van der Waals surface area (Å²) in [6, 6.07) is 7.84. The number of carbonyl (C=O) groups excluding carboxylic acids is 2. The second-order valence-corrected chi connectivity index (χ2v) is 12.2. The highest BCUT2D eigenvalue weighted by molar-refractivity contribution is 7.92. The minimum atomic E-state index is -4.65. The van der Waals surface area contributed by atoms with Crippen molar-refractivity contribution in [3.63, 3.8) is 0 Å². The van der Waals surface area contributed by atoms with Crippen LogP contribution in [0.2, 0.25) is 10.0 Å². The summed E-state index contributed by atoms with van der Waals surface area (Å²) in [5, 5.41) is 3.61. The molecular formula is C27H34Cl2F3N3O4S. The van der Waals surface area contributed by atoms with Crippen LogP contribution >= 0.6 is 23.2 Å². The number of hydrogen-bond donors (Lipinski definition) is 1. The van der Waals surface area contributed by atoms with Gasteiger partial charge in [0.15, 0.2) is 0 Å². The van der Waals surface area contributed by atoms with Crippen molar-refractivity contribution in [1.29, 1.82) is 0 Å². The third-order valence-corrected chi connectivity index (χ3v) is 8.14. The van der Waals surface area contributed by atoms with Gasteiger partial charge in [-0.2, -0.15) is 13.2 Å². The van der Waals surface area contributed by atoms with Gasteiger partial charge in [0.2, 0.25) is 21.8 Å². The molecule has 0 aromatic heterocycles. The van der Waals surface area contributed by atoms with Crippen LogP contribution in [0.1, 0.15) is 57.6 Å². The minimum absolute atomic E-state index is 0.00356. The quantitative estimate of drug-likeness (QED) is 0.284. The Morgan fingerprint density at radius 3 is 2.27 bits per heavy atom. The van der Waals surface area contributed by atoms with Crippen LogP contribution in [-0.4, -0.2) is 50.0 Å². The van der Waals surface area contributed by atoms with Crippen LogP contribution in [-0.2, 0) is 32.3 Å². The zero-order valence-electron chi connectivity index (χ0n) is 22.8. The molecule has 2 aromatic carbocycles. The van der Waals surface area contributed by atoms with E-state index < -0.39 is 33.7 Å². The van der Waals surface area contributed by atoms with Crippen molar-refractivity contribution in [2.75, 3.05) is 17.1 Å². The van der Waals surface area contributed by atoms with Gasteiger partial charge in [-0.3, -0.25) is 13.9 Å². The maximum Gasteiger partial charge on any atom is 0.416 e. The molecule has 7 nitrogen and oxygen atoms in total. The van der Waals surface area contributed by atoms with Crippen LogP contribution in [0.3, 0.4) is 0 Å². The van der Waals surface area contributed by atoms with Crippen molar-refractivity contribution in [3.05, 3.63) is 63.6 Å². The van der Waals surface area contributed by atoms with Gasteiger partial charge >= 0.3 is 6.18 Å². The summed E-state index contributed by atoms with van der Waals surface area (Å²) in [5.41, 5.74) is -0.580. The van der Waals surface area contributed by atoms with E-state index >= 15 is 0 Å². The van der Waals surface area contributed by atoms with Crippen molar-refractivity contribution in [3.8, 4) is 0 Å². The highest BCUT2D eigenvalue weighted by Gasteiger charge is 2.32. The van der Waals surface area contributed by atoms with Gasteiger partial charge in [-0.05, 0) is 62.1 Å². The molecule has 0 saturated heterocycles. The third kappa shape index (κ3) is 9.55. The number of nitrogens with one attached hydrogen (secondary N) is 1. The predicted octanol–water partition coefficient (Wildman–Crippen LogP) is 6.28. The second-order valence-electron chi connectivity index (χ2n) is 9.49. The van der Waals surface area contributed by atoms with Gasteiger partial charge in [-0.1, -0.05) is 49.2 Å². The van der Waals surface area contributed by atoms with Crippen molar-refractivity contribution in [2.24, 2.45) is 0 Å². The Balaban J connectivity index is 2.30. The number of sulfonamides is 1. The van der Waals surface area contributed by atoms with Gasteiger partial charge in [0.1, 0.15) is 6.04 Å². The molecule has 0 aliphatic rings. The van der Waals surface area contributed by atoms with Crippen molar-refractivity contribution >= 4 is 50.7 Å². The van der Waals surface area contributed by atoms with E-state index in [0.717, 1.165) is 28.8 Å². The lowest BCUT2D eigenvalue weighted by molar-refractivity contribution is -0.141. The minimum Gasteiger partial charge on any atom is -0.352 e. The van der Waals surface area contributed by atoms with E-state index in [9.17, 15) is 31.2 Å². The summed E-state index contributed by atoms with van der Waals surface area (Å²) in [7, 11) is -3.96. The smallest absolute Gasteiger partial charge is 0.352 e. The maximum atomic E-state index is 13.5. The molecule has 0 aliphatic heterocycles. The molecule has 13 heteroatoms. The van der Waals surface area contributed by atoms with Crippen molar-refractivity contribution < 1.29 is 31.2 Å². The summed E-state index contributed by atoms with van der Waals surface area (Å²) in [5.74, 6) is -0.772. The molecule has 0 spiro atoms. The Labute approximate surface area is 243 Å². The van der Waals surface area contributed by atoms with Crippen LogP contribution < -0.4 is 9.62 Å². The van der Waals surface area contributed by atoms with Gasteiger partial charge in [-0.15, -0.1) is 0 Å². The SMILES string of the molecule is CC[C@@H](C)NC(=O)[C@@H](CC)N(Cc1ccc(Cl)cc1Cl)C(=O)CCCN(c1cccc(C(F)(F)F)c1)S(C)(=O)=O. The molecule has 2 aromatic rings. The summed E-state index contributed by atoms with van der Waals surface area (Å²) < 4.78 is 65.4. The molecule has 222 valence electrons. The zero-order valence-corrected chi connectivity index (χ0v) is 25.1. The lowest BCUT2D eigenvalue weighted by Crippen LogP contribution is -2.50. The van der Waals surface area contributed by atoms with Crippen LogP contribution in [0.4, 0.5) is 18.9 Å². The summed E-state index contributed by atoms with van der Waals surface area (Å²) in [6.45, 7) is 5.30. The van der Waals surface area contributed by atoms with Gasteiger partial charge in [-0.25, -0.2) is 8.42 Å². The first-order valence-electron chi connectivity index (χ1n) is 12.8. The predicted molar refractivity (Wildman–Crippen MR) is 152 cm³/mol. The Hall–Kier alpha value is -2.50. The molecule has 0 radical (unpaired) electrons. The second kappa shape index (κ2) is 14.4. The molecule has 0 aliphatic carbocycles. The monoisotopic (exact) mass is 623 g/mol. The summed E-state index contributed by atoms with van der Waals surface area (Å²) >= 11 is 12.3. The Kier molecular flexibility index (Phi) is 12.1. The Morgan fingerprint density at radius 1 is 1.05 bits per heavy atom. The number of benzene rings is 2. The molecule has 2 rings (SSSR count). The van der Waals surface area contributed by atoms with Crippen LogP contribution in [0.15, 0.2) is 42.5 Å². The van der Waals surface area contributed by atoms with Crippen LogP contribution in [0, 0.1) is 0 Å². The van der Waals surface area contributed by atoms with Crippen molar-refractivity contribution in [2.45, 2.75) is 71.3 Å². The van der Waals surface area contributed by atoms with E-state index in [4.69, 9.17) is 23.2 Å².